The third-order valence-electron chi connectivity index (χ3n) is 3.53. The van der Waals surface area contributed by atoms with Crippen LogP contribution in [0.4, 0.5) is 0 Å². The molecule has 17 heavy (non-hydrogen) atoms. The second-order valence-electron chi connectivity index (χ2n) is 4.96. The average molecular weight is 229 g/mol. The molecule has 2 rings (SSSR count). The van der Waals surface area contributed by atoms with E-state index in [0.717, 1.165) is 25.3 Å². The quantitative estimate of drug-likeness (QED) is 0.752. The Morgan fingerprint density at radius 1 is 1.47 bits per heavy atom. The molecule has 0 unspecified atom stereocenters. The average Bonchev–Trinajstić information content (AvgIpc) is 3.10. The van der Waals surface area contributed by atoms with Gasteiger partial charge in [0.2, 0.25) is 0 Å². The fraction of sp³-hybridized carbons (Fsp3) is 0.571. The standard InChI is InChI=1S/C14H19N3/c1-2-17(11-13-5-3-4-10-16-13)12-14(6-7-14)8-9-15/h3-5,10H,2,6-8,11-12H2,1H3. The molecule has 1 aliphatic rings. The summed E-state index contributed by atoms with van der Waals surface area (Å²) in [7, 11) is 0. The van der Waals surface area contributed by atoms with Gasteiger partial charge < -0.3 is 0 Å². The number of hydrogen-bond acceptors (Lipinski definition) is 3. The van der Waals surface area contributed by atoms with Crippen LogP contribution >= 0.6 is 0 Å². The van der Waals surface area contributed by atoms with Crippen molar-refractivity contribution in [3.63, 3.8) is 0 Å². The summed E-state index contributed by atoms with van der Waals surface area (Å²) < 4.78 is 0. The van der Waals surface area contributed by atoms with Gasteiger partial charge in [-0.25, -0.2) is 0 Å². The molecule has 0 bridgehead atoms. The molecule has 1 heterocycles. The molecule has 0 amide bonds. The lowest BCUT2D eigenvalue weighted by molar-refractivity contribution is 0.221. The van der Waals surface area contributed by atoms with Crippen LogP contribution in [0.15, 0.2) is 24.4 Å². The minimum Gasteiger partial charge on any atom is -0.297 e. The van der Waals surface area contributed by atoms with Gasteiger partial charge in [-0.05, 0) is 36.9 Å². The molecule has 0 aromatic carbocycles. The smallest absolute Gasteiger partial charge is 0.0628 e. The van der Waals surface area contributed by atoms with Crippen LogP contribution in [0, 0.1) is 16.7 Å². The lowest BCUT2D eigenvalue weighted by Crippen LogP contribution is -2.30. The molecule has 90 valence electrons. The predicted molar refractivity (Wildman–Crippen MR) is 67.1 cm³/mol. The summed E-state index contributed by atoms with van der Waals surface area (Å²) in [5.74, 6) is 0. The molecule has 3 heteroatoms. The van der Waals surface area contributed by atoms with E-state index in [-0.39, 0.29) is 0 Å². The molecule has 0 atom stereocenters. The van der Waals surface area contributed by atoms with Crippen LogP contribution in [0.25, 0.3) is 0 Å². The molecule has 3 nitrogen and oxygen atoms in total. The largest absolute Gasteiger partial charge is 0.297 e. The maximum Gasteiger partial charge on any atom is 0.0628 e. The maximum atomic E-state index is 8.84. The fourth-order valence-corrected chi connectivity index (χ4v) is 2.21. The van der Waals surface area contributed by atoms with Gasteiger partial charge in [0.25, 0.3) is 0 Å². The summed E-state index contributed by atoms with van der Waals surface area (Å²) in [6.07, 6.45) is 4.95. The van der Waals surface area contributed by atoms with Crippen molar-refractivity contribution in [2.24, 2.45) is 5.41 Å². The summed E-state index contributed by atoms with van der Waals surface area (Å²) in [6, 6.07) is 8.35. The van der Waals surface area contributed by atoms with E-state index in [0.29, 0.717) is 11.8 Å². The van der Waals surface area contributed by atoms with Crippen LogP contribution < -0.4 is 0 Å². The first kappa shape index (κ1) is 12.1. The summed E-state index contributed by atoms with van der Waals surface area (Å²) in [6.45, 7) is 5.12. The van der Waals surface area contributed by atoms with Gasteiger partial charge in [0.05, 0.1) is 11.8 Å². The molecule has 0 radical (unpaired) electrons. The summed E-state index contributed by atoms with van der Waals surface area (Å²) >= 11 is 0. The van der Waals surface area contributed by atoms with Crippen LogP contribution in [0.1, 0.15) is 31.9 Å². The van der Waals surface area contributed by atoms with Gasteiger partial charge in [0, 0.05) is 25.7 Å². The number of aromatic nitrogens is 1. The number of rotatable bonds is 6. The lowest BCUT2D eigenvalue weighted by Gasteiger charge is -2.24. The van der Waals surface area contributed by atoms with Crippen molar-refractivity contribution in [2.45, 2.75) is 32.7 Å². The number of nitrogens with zero attached hydrogens (tertiary/aromatic N) is 3. The summed E-state index contributed by atoms with van der Waals surface area (Å²) in [5, 5.41) is 8.84. The molecule has 0 N–H and O–H groups in total. The monoisotopic (exact) mass is 229 g/mol. The topological polar surface area (TPSA) is 39.9 Å². The van der Waals surface area contributed by atoms with E-state index in [9.17, 15) is 0 Å². The Bertz CT molecular complexity index is 390. The van der Waals surface area contributed by atoms with Gasteiger partial charge in [0.15, 0.2) is 0 Å². The second-order valence-corrected chi connectivity index (χ2v) is 4.96. The van der Waals surface area contributed by atoms with E-state index in [1.165, 1.54) is 12.8 Å². The zero-order chi connectivity index (χ0) is 12.1. The van der Waals surface area contributed by atoms with Crippen LogP contribution in [0.2, 0.25) is 0 Å². The molecule has 1 aliphatic carbocycles. The molecular formula is C14H19N3. The Labute approximate surface area is 103 Å². The zero-order valence-corrected chi connectivity index (χ0v) is 10.4. The molecular weight excluding hydrogens is 210 g/mol. The molecule has 1 saturated carbocycles. The van der Waals surface area contributed by atoms with Crippen molar-refractivity contribution >= 4 is 0 Å². The van der Waals surface area contributed by atoms with Crippen molar-refractivity contribution in [3.8, 4) is 6.07 Å². The first-order valence-electron chi connectivity index (χ1n) is 6.27. The van der Waals surface area contributed by atoms with E-state index in [1.807, 2.05) is 18.3 Å². The number of hydrogen-bond donors (Lipinski definition) is 0. The Morgan fingerprint density at radius 2 is 2.29 bits per heavy atom. The van der Waals surface area contributed by atoms with Crippen molar-refractivity contribution in [1.82, 2.24) is 9.88 Å². The van der Waals surface area contributed by atoms with Crippen molar-refractivity contribution < 1.29 is 0 Å². The van der Waals surface area contributed by atoms with Crippen LogP contribution in [0.5, 0.6) is 0 Å². The van der Waals surface area contributed by atoms with E-state index < -0.39 is 0 Å². The predicted octanol–water partition coefficient (Wildman–Crippen LogP) is 2.60. The third kappa shape index (κ3) is 3.28. The van der Waals surface area contributed by atoms with Gasteiger partial charge in [-0.15, -0.1) is 0 Å². The minimum atomic E-state index is 0.291. The van der Waals surface area contributed by atoms with Crippen LogP contribution in [0.3, 0.4) is 0 Å². The van der Waals surface area contributed by atoms with Gasteiger partial charge >= 0.3 is 0 Å². The highest BCUT2D eigenvalue weighted by Gasteiger charge is 2.43. The Balaban J connectivity index is 1.92. The normalized spacial score (nSPS) is 16.8. The van der Waals surface area contributed by atoms with Gasteiger partial charge in [0.1, 0.15) is 0 Å². The van der Waals surface area contributed by atoms with Crippen molar-refractivity contribution in [2.75, 3.05) is 13.1 Å². The van der Waals surface area contributed by atoms with Crippen LogP contribution in [-0.4, -0.2) is 23.0 Å². The highest BCUT2D eigenvalue weighted by Crippen LogP contribution is 2.49. The zero-order valence-electron chi connectivity index (χ0n) is 10.4. The molecule has 1 aromatic rings. The van der Waals surface area contributed by atoms with Gasteiger partial charge in [-0.2, -0.15) is 5.26 Å². The van der Waals surface area contributed by atoms with E-state index in [2.05, 4.69) is 28.9 Å². The first-order chi connectivity index (χ1) is 8.28. The molecule has 0 spiro atoms. The van der Waals surface area contributed by atoms with Gasteiger partial charge in [-0.3, -0.25) is 9.88 Å². The van der Waals surface area contributed by atoms with Gasteiger partial charge in [-0.1, -0.05) is 13.0 Å². The Hall–Kier alpha value is -1.40. The van der Waals surface area contributed by atoms with Crippen molar-refractivity contribution in [1.29, 1.82) is 5.26 Å². The lowest BCUT2D eigenvalue weighted by atomic mass is 10.0. The number of pyridine rings is 1. The van der Waals surface area contributed by atoms with Crippen LogP contribution in [-0.2, 0) is 6.54 Å². The minimum absolute atomic E-state index is 0.291. The number of nitriles is 1. The summed E-state index contributed by atoms with van der Waals surface area (Å²) in [4.78, 5) is 6.75. The molecule has 0 saturated heterocycles. The van der Waals surface area contributed by atoms with E-state index in [4.69, 9.17) is 5.26 Å². The Kier molecular flexibility index (Phi) is 3.75. The SMILES string of the molecule is CCN(Cc1ccccn1)CC1(CC#N)CC1. The highest BCUT2D eigenvalue weighted by molar-refractivity contribution is 5.05. The molecule has 0 aliphatic heterocycles. The van der Waals surface area contributed by atoms with Crippen molar-refractivity contribution in [3.05, 3.63) is 30.1 Å². The second kappa shape index (κ2) is 5.29. The molecule has 1 fully saturated rings. The summed E-state index contributed by atoms with van der Waals surface area (Å²) in [5.41, 5.74) is 1.40. The highest BCUT2D eigenvalue weighted by atomic mass is 15.1. The van der Waals surface area contributed by atoms with E-state index in [1.54, 1.807) is 0 Å². The van der Waals surface area contributed by atoms with E-state index >= 15 is 0 Å². The third-order valence-corrected chi connectivity index (χ3v) is 3.53. The Morgan fingerprint density at radius 3 is 2.82 bits per heavy atom. The molecule has 1 aromatic heterocycles. The fourth-order valence-electron chi connectivity index (χ4n) is 2.21. The first-order valence-corrected chi connectivity index (χ1v) is 6.27. The maximum absolute atomic E-state index is 8.84.